The Kier molecular flexibility index (Phi) is 8.53. The van der Waals surface area contributed by atoms with Crippen molar-refractivity contribution >= 4 is 17.6 Å². The van der Waals surface area contributed by atoms with Gasteiger partial charge in [-0.05, 0) is 6.92 Å². The molecule has 0 spiro atoms. The average Bonchev–Trinajstić information content (AvgIpc) is 2.74. The highest BCUT2D eigenvalue weighted by Gasteiger charge is 2.00. The number of rotatable bonds is 4. The average molecular weight is 226 g/mol. The number of aromatic nitrogens is 2. The first-order valence-electron chi connectivity index (χ1n) is 4.48. The highest BCUT2D eigenvalue weighted by Crippen LogP contribution is 2.08. The van der Waals surface area contributed by atoms with Gasteiger partial charge < -0.3 is 4.74 Å². The second-order valence-electron chi connectivity index (χ2n) is 2.43. The first-order valence-corrected chi connectivity index (χ1v) is 5.30. The number of aryl methyl sites for hydroxylation is 1. The third-order valence-electron chi connectivity index (χ3n) is 1.36. The monoisotopic (exact) mass is 226 g/mol. The fourth-order valence-corrected chi connectivity index (χ4v) is 1.25. The molecule has 0 atom stereocenters. The van der Waals surface area contributed by atoms with Crippen LogP contribution in [0.3, 0.4) is 0 Å². The molecule has 0 aliphatic rings. The molecule has 5 heteroatoms. The van der Waals surface area contributed by atoms with Gasteiger partial charge in [-0.2, -0.15) is 0 Å². The molecule has 0 radical (unpaired) electrons. The van der Waals surface area contributed by atoms with Crippen LogP contribution in [0.25, 0.3) is 0 Å². The van der Waals surface area contributed by atoms with E-state index in [1.54, 1.807) is 7.11 Å². The molecule has 15 heavy (non-hydrogen) atoms. The van der Waals surface area contributed by atoms with Gasteiger partial charge in [-0.1, -0.05) is 11.3 Å². The topological polar surface area (TPSA) is 52.1 Å². The molecule has 0 aliphatic carbocycles. The van der Waals surface area contributed by atoms with E-state index in [2.05, 4.69) is 20.9 Å². The Labute approximate surface area is 93.7 Å². The van der Waals surface area contributed by atoms with Crippen molar-refractivity contribution in [2.24, 2.45) is 0 Å². The molecule has 1 aromatic rings. The van der Waals surface area contributed by atoms with E-state index in [4.69, 9.17) is 6.42 Å². The summed E-state index contributed by atoms with van der Waals surface area (Å²) in [5.41, 5.74) is 0. The third-order valence-corrected chi connectivity index (χ3v) is 2.26. The second kappa shape index (κ2) is 9.31. The number of hydrogen-bond donors (Lipinski definition) is 0. The number of nitrogens with zero attached hydrogens (tertiary/aromatic N) is 2. The van der Waals surface area contributed by atoms with Gasteiger partial charge in [0.2, 0.25) is 0 Å². The van der Waals surface area contributed by atoms with E-state index in [1.165, 1.54) is 11.3 Å². The molecule has 1 rings (SSSR count). The summed E-state index contributed by atoms with van der Waals surface area (Å²) in [5, 5.41) is 8.62. The van der Waals surface area contributed by atoms with Gasteiger partial charge >= 0.3 is 0 Å². The molecular formula is C10H14N2O2S. The summed E-state index contributed by atoms with van der Waals surface area (Å²) in [6.45, 7) is 2.78. The Morgan fingerprint density at radius 3 is 2.67 bits per heavy atom. The summed E-state index contributed by atoms with van der Waals surface area (Å²) in [7, 11) is 1.68. The molecule has 0 bridgehead atoms. The van der Waals surface area contributed by atoms with Gasteiger partial charge in [-0.15, -0.1) is 22.5 Å². The van der Waals surface area contributed by atoms with Crippen LogP contribution in [0.15, 0.2) is 0 Å². The molecule has 1 heterocycles. The molecule has 82 valence electrons. The van der Waals surface area contributed by atoms with Crippen LogP contribution in [0.1, 0.15) is 28.2 Å². The standard InChI is InChI=1S/C7H6N2OS.C3H8O/c1-2-3-4-6-8-9-7(5-10)11-6;1-3-4-2/h1,5H,3-4H2;3H2,1-2H3. The molecule has 4 nitrogen and oxygen atoms in total. The summed E-state index contributed by atoms with van der Waals surface area (Å²) >= 11 is 1.29. The maximum absolute atomic E-state index is 10.2. The van der Waals surface area contributed by atoms with E-state index in [1.807, 2.05) is 6.92 Å². The lowest BCUT2D eigenvalue weighted by atomic mass is 10.3. The molecule has 0 aromatic carbocycles. The highest BCUT2D eigenvalue weighted by atomic mass is 32.1. The minimum absolute atomic E-state index is 0.414. The lowest BCUT2D eigenvalue weighted by Crippen LogP contribution is -1.81. The molecule has 0 N–H and O–H groups in total. The van der Waals surface area contributed by atoms with Crippen molar-refractivity contribution in [1.29, 1.82) is 0 Å². The van der Waals surface area contributed by atoms with Gasteiger partial charge in [-0.3, -0.25) is 4.79 Å². The van der Waals surface area contributed by atoms with Crippen LogP contribution in [0.2, 0.25) is 0 Å². The lowest BCUT2D eigenvalue weighted by molar-refractivity contribution is 0.112. The predicted molar refractivity (Wildman–Crippen MR) is 60.0 cm³/mol. The normalized spacial score (nSPS) is 8.60. The minimum atomic E-state index is 0.414. The zero-order valence-electron chi connectivity index (χ0n) is 8.90. The summed E-state index contributed by atoms with van der Waals surface area (Å²) in [6.07, 6.45) is 7.10. The van der Waals surface area contributed by atoms with Crippen molar-refractivity contribution in [3.05, 3.63) is 10.0 Å². The van der Waals surface area contributed by atoms with Crippen LogP contribution in [-0.2, 0) is 11.2 Å². The quantitative estimate of drug-likeness (QED) is 0.577. The smallest absolute Gasteiger partial charge is 0.180 e. The molecule has 0 amide bonds. The maximum Gasteiger partial charge on any atom is 0.180 e. The van der Waals surface area contributed by atoms with Crippen LogP contribution in [0.4, 0.5) is 0 Å². The summed E-state index contributed by atoms with van der Waals surface area (Å²) < 4.78 is 4.54. The molecule has 0 saturated heterocycles. The number of carbonyl (C=O) groups excluding carboxylic acids is 1. The third kappa shape index (κ3) is 6.77. The summed E-state index contributed by atoms with van der Waals surface area (Å²) in [6, 6.07) is 0. The van der Waals surface area contributed by atoms with Crippen LogP contribution in [0.5, 0.6) is 0 Å². The Morgan fingerprint density at radius 1 is 1.60 bits per heavy atom. The Balaban J connectivity index is 0.000000423. The number of ether oxygens (including phenoxy) is 1. The van der Waals surface area contributed by atoms with Gasteiger partial charge in [0.15, 0.2) is 11.3 Å². The predicted octanol–water partition coefficient (Wildman–Crippen LogP) is 1.57. The molecule has 0 unspecified atom stereocenters. The van der Waals surface area contributed by atoms with E-state index in [9.17, 15) is 4.79 Å². The fraction of sp³-hybridized carbons (Fsp3) is 0.500. The van der Waals surface area contributed by atoms with Crippen LogP contribution in [-0.4, -0.2) is 30.2 Å². The van der Waals surface area contributed by atoms with E-state index in [0.717, 1.165) is 11.6 Å². The van der Waals surface area contributed by atoms with Crippen molar-refractivity contribution in [2.75, 3.05) is 13.7 Å². The van der Waals surface area contributed by atoms with Crippen LogP contribution >= 0.6 is 11.3 Å². The van der Waals surface area contributed by atoms with Gasteiger partial charge in [-0.25, -0.2) is 0 Å². The molecule has 0 aliphatic heterocycles. The molecule has 1 aromatic heterocycles. The number of carbonyl (C=O) groups is 1. The Hall–Kier alpha value is -1.25. The SMILES string of the molecule is C#CCCc1nnc(C=O)s1.CCOC. The maximum atomic E-state index is 10.2. The zero-order chi connectivity index (χ0) is 11.5. The highest BCUT2D eigenvalue weighted by molar-refractivity contribution is 7.12. The van der Waals surface area contributed by atoms with E-state index < -0.39 is 0 Å². The molecule has 0 saturated carbocycles. The van der Waals surface area contributed by atoms with Gasteiger partial charge in [0.25, 0.3) is 0 Å². The lowest BCUT2D eigenvalue weighted by Gasteiger charge is -1.82. The van der Waals surface area contributed by atoms with E-state index in [0.29, 0.717) is 24.1 Å². The van der Waals surface area contributed by atoms with Crippen LogP contribution < -0.4 is 0 Å². The summed E-state index contributed by atoms with van der Waals surface area (Å²) in [4.78, 5) is 10.2. The number of hydrogen-bond acceptors (Lipinski definition) is 5. The van der Waals surface area contributed by atoms with E-state index in [-0.39, 0.29) is 0 Å². The van der Waals surface area contributed by atoms with Crippen molar-refractivity contribution in [1.82, 2.24) is 10.2 Å². The van der Waals surface area contributed by atoms with E-state index >= 15 is 0 Å². The molecular weight excluding hydrogens is 212 g/mol. The summed E-state index contributed by atoms with van der Waals surface area (Å²) in [5.74, 6) is 2.49. The Morgan fingerprint density at radius 2 is 2.27 bits per heavy atom. The van der Waals surface area contributed by atoms with Crippen molar-refractivity contribution in [2.45, 2.75) is 19.8 Å². The minimum Gasteiger partial charge on any atom is -0.385 e. The van der Waals surface area contributed by atoms with Gasteiger partial charge in [0.05, 0.1) is 0 Å². The first kappa shape index (κ1) is 13.8. The van der Waals surface area contributed by atoms with Crippen LogP contribution in [0, 0.1) is 12.3 Å². The van der Waals surface area contributed by atoms with Crippen molar-refractivity contribution in [3.63, 3.8) is 0 Å². The van der Waals surface area contributed by atoms with Gasteiger partial charge in [0, 0.05) is 26.6 Å². The second-order valence-corrected chi connectivity index (χ2v) is 3.53. The Bertz CT molecular complexity index is 315. The zero-order valence-corrected chi connectivity index (χ0v) is 9.71. The van der Waals surface area contributed by atoms with Gasteiger partial charge in [0.1, 0.15) is 5.01 Å². The largest absolute Gasteiger partial charge is 0.385 e. The first-order chi connectivity index (χ1) is 7.28. The fourth-order valence-electron chi connectivity index (χ4n) is 0.594. The van der Waals surface area contributed by atoms with Crippen molar-refractivity contribution in [3.8, 4) is 12.3 Å². The molecule has 0 fully saturated rings. The number of methoxy groups -OCH3 is 1. The van der Waals surface area contributed by atoms with Crippen molar-refractivity contribution < 1.29 is 9.53 Å². The number of terminal acetylenes is 1. The number of aldehydes is 1.